The van der Waals surface area contributed by atoms with Gasteiger partial charge in [0.1, 0.15) is 11.6 Å². The van der Waals surface area contributed by atoms with Crippen molar-refractivity contribution in [2.75, 3.05) is 11.1 Å². The summed E-state index contributed by atoms with van der Waals surface area (Å²) < 4.78 is 0.684. The van der Waals surface area contributed by atoms with Crippen LogP contribution in [0.15, 0.2) is 15.6 Å². The van der Waals surface area contributed by atoms with Gasteiger partial charge in [-0.15, -0.1) is 10.2 Å². The number of carbonyl (C=O) groups is 1. The fourth-order valence-electron chi connectivity index (χ4n) is 1.14. The molecule has 1 rings (SSSR count). The predicted octanol–water partition coefficient (Wildman–Crippen LogP) is 1.78. The van der Waals surface area contributed by atoms with Crippen LogP contribution in [-0.2, 0) is 4.79 Å². The van der Waals surface area contributed by atoms with Gasteiger partial charge >= 0.3 is 0 Å². The monoisotopic (exact) mass is 297 g/mol. The summed E-state index contributed by atoms with van der Waals surface area (Å²) in [7, 11) is 0. The molecule has 0 spiro atoms. The number of nitrogens with zero attached hydrogens (tertiary/aromatic N) is 3. The van der Waals surface area contributed by atoms with Crippen molar-refractivity contribution in [1.82, 2.24) is 10.2 Å². The fourth-order valence-corrected chi connectivity index (χ4v) is 2.91. The van der Waals surface area contributed by atoms with E-state index in [0.717, 1.165) is 5.13 Å². The zero-order valence-corrected chi connectivity index (χ0v) is 12.6. The van der Waals surface area contributed by atoms with Crippen LogP contribution < -0.4 is 11.1 Å². The van der Waals surface area contributed by atoms with E-state index in [2.05, 4.69) is 15.5 Å². The van der Waals surface area contributed by atoms with E-state index in [1.54, 1.807) is 0 Å². The number of rotatable bonds is 6. The molecule has 0 bridgehead atoms. The van der Waals surface area contributed by atoms with Gasteiger partial charge in [0.15, 0.2) is 10.1 Å². The molecule has 0 radical (unpaired) electrons. The number of nitrogens with two attached hydrogens (primary N) is 1. The van der Waals surface area contributed by atoms with E-state index in [-0.39, 0.29) is 28.8 Å². The maximum atomic E-state index is 11.7. The second kappa shape index (κ2) is 7.11. The number of hydrogen-bond donors (Lipinski definition) is 2. The van der Waals surface area contributed by atoms with Crippen LogP contribution in [0.25, 0.3) is 0 Å². The first-order chi connectivity index (χ1) is 8.93. The van der Waals surface area contributed by atoms with Crippen LogP contribution in [0.2, 0.25) is 0 Å². The minimum Gasteiger partial charge on any atom is -0.401 e. The average Bonchev–Trinajstić information content (AvgIpc) is 2.73. The first-order valence-corrected chi connectivity index (χ1v) is 7.36. The van der Waals surface area contributed by atoms with Crippen molar-refractivity contribution >= 4 is 34.0 Å². The van der Waals surface area contributed by atoms with Crippen molar-refractivity contribution in [2.45, 2.75) is 31.2 Å². The first kappa shape index (κ1) is 15.5. The quantitative estimate of drug-likeness (QED) is 0.468. The third-order valence-corrected chi connectivity index (χ3v) is 3.92. The first-order valence-electron chi connectivity index (χ1n) is 5.56. The van der Waals surface area contributed by atoms with E-state index in [4.69, 9.17) is 11.0 Å². The van der Waals surface area contributed by atoms with E-state index in [9.17, 15) is 4.79 Å². The van der Waals surface area contributed by atoms with Crippen LogP contribution in [0, 0.1) is 11.3 Å². The lowest BCUT2D eigenvalue weighted by Gasteiger charge is -2.03. The van der Waals surface area contributed by atoms with Gasteiger partial charge in [0.2, 0.25) is 5.13 Å². The molecule has 102 valence electrons. The number of anilines is 1. The summed E-state index contributed by atoms with van der Waals surface area (Å²) in [6.07, 6.45) is 0. The van der Waals surface area contributed by atoms with Gasteiger partial charge in [0.05, 0.1) is 5.75 Å². The second-order valence-corrected chi connectivity index (χ2v) is 6.25. The smallest absolute Gasteiger partial charge is 0.206 e. The lowest BCUT2D eigenvalue weighted by molar-refractivity contribution is -0.112. The Bertz CT molecular complexity index is 525. The topological polar surface area (TPSA) is 105 Å². The zero-order valence-electron chi connectivity index (χ0n) is 10.9. The third kappa shape index (κ3) is 4.89. The van der Waals surface area contributed by atoms with E-state index in [0.29, 0.717) is 4.34 Å². The van der Waals surface area contributed by atoms with Gasteiger partial charge in [0.25, 0.3) is 0 Å². The van der Waals surface area contributed by atoms with E-state index < -0.39 is 0 Å². The standard InChI is InChI=1S/C11H15N5OS2/c1-6(2)14-10-15-16-11(19-10)18-5-9(17)8(4-12)7(3)13/h6H,5,13H2,1-3H3,(H,14,15). The van der Waals surface area contributed by atoms with Gasteiger partial charge in [-0.3, -0.25) is 4.79 Å². The molecule has 0 aliphatic carbocycles. The Hall–Kier alpha value is -1.59. The van der Waals surface area contributed by atoms with E-state index >= 15 is 0 Å². The molecule has 0 atom stereocenters. The van der Waals surface area contributed by atoms with Crippen LogP contribution in [0.4, 0.5) is 5.13 Å². The molecule has 0 fully saturated rings. The zero-order chi connectivity index (χ0) is 14.4. The van der Waals surface area contributed by atoms with Crippen LogP contribution in [-0.4, -0.2) is 27.8 Å². The van der Waals surface area contributed by atoms with E-state index in [1.165, 1.54) is 30.0 Å². The lowest BCUT2D eigenvalue weighted by Crippen LogP contribution is -2.10. The van der Waals surface area contributed by atoms with Crippen LogP contribution in [0.3, 0.4) is 0 Å². The highest BCUT2D eigenvalue weighted by atomic mass is 32.2. The van der Waals surface area contributed by atoms with Gasteiger partial charge < -0.3 is 11.1 Å². The van der Waals surface area contributed by atoms with Crippen molar-refractivity contribution in [3.8, 4) is 6.07 Å². The number of nitrogens with one attached hydrogen (secondary N) is 1. The Morgan fingerprint density at radius 3 is 2.79 bits per heavy atom. The van der Waals surface area contributed by atoms with Gasteiger partial charge in [-0.1, -0.05) is 23.1 Å². The Kier molecular flexibility index (Phi) is 5.79. The van der Waals surface area contributed by atoms with Crippen molar-refractivity contribution in [3.63, 3.8) is 0 Å². The number of allylic oxidation sites excluding steroid dienone is 2. The van der Waals surface area contributed by atoms with Crippen LogP contribution >= 0.6 is 23.1 Å². The largest absolute Gasteiger partial charge is 0.401 e. The number of nitriles is 1. The number of Topliss-reactive ketones (excluding diaryl/α,β-unsaturated/α-hetero) is 1. The van der Waals surface area contributed by atoms with Crippen molar-refractivity contribution in [3.05, 3.63) is 11.3 Å². The Labute approximate surface area is 120 Å². The van der Waals surface area contributed by atoms with E-state index in [1.807, 2.05) is 19.9 Å². The molecule has 0 aliphatic heterocycles. The molecule has 0 aromatic carbocycles. The van der Waals surface area contributed by atoms with Gasteiger partial charge in [-0.25, -0.2) is 0 Å². The molecule has 1 heterocycles. The molecule has 6 nitrogen and oxygen atoms in total. The normalized spacial score (nSPS) is 11.9. The van der Waals surface area contributed by atoms with Crippen LogP contribution in [0.1, 0.15) is 20.8 Å². The van der Waals surface area contributed by atoms with Crippen molar-refractivity contribution in [1.29, 1.82) is 5.26 Å². The summed E-state index contributed by atoms with van der Waals surface area (Å²) in [4.78, 5) is 11.7. The molecule has 0 unspecified atom stereocenters. The summed E-state index contributed by atoms with van der Waals surface area (Å²) in [5.41, 5.74) is 5.72. The summed E-state index contributed by atoms with van der Waals surface area (Å²) in [5, 5.41) is 20.6. The molecular formula is C11H15N5OS2. The lowest BCUT2D eigenvalue weighted by atomic mass is 10.2. The third-order valence-electron chi connectivity index (χ3n) is 1.93. The van der Waals surface area contributed by atoms with Gasteiger partial charge in [-0.2, -0.15) is 5.26 Å². The molecule has 0 saturated heterocycles. The molecule has 3 N–H and O–H groups in total. The minimum absolute atomic E-state index is 0.0116. The van der Waals surface area contributed by atoms with Crippen LogP contribution in [0.5, 0.6) is 0 Å². The fraction of sp³-hybridized carbons (Fsp3) is 0.455. The summed E-state index contributed by atoms with van der Waals surface area (Å²) in [5.74, 6) is -0.158. The molecule has 8 heteroatoms. The molecular weight excluding hydrogens is 282 g/mol. The highest BCUT2D eigenvalue weighted by Crippen LogP contribution is 2.26. The SMILES string of the molecule is CC(N)=C(C#N)C(=O)CSc1nnc(NC(C)C)s1. The Balaban J connectivity index is 2.58. The maximum absolute atomic E-state index is 11.7. The maximum Gasteiger partial charge on any atom is 0.206 e. The molecule has 0 aliphatic rings. The molecule has 0 amide bonds. The molecule has 1 aromatic heterocycles. The van der Waals surface area contributed by atoms with Crippen molar-refractivity contribution in [2.24, 2.45) is 5.73 Å². The Morgan fingerprint density at radius 2 is 2.26 bits per heavy atom. The minimum atomic E-state index is -0.291. The highest BCUT2D eigenvalue weighted by Gasteiger charge is 2.13. The number of ketones is 1. The second-order valence-electron chi connectivity index (χ2n) is 4.05. The summed E-state index contributed by atoms with van der Waals surface area (Å²) in [6, 6.07) is 2.09. The predicted molar refractivity (Wildman–Crippen MR) is 76.9 cm³/mol. The molecule has 0 saturated carbocycles. The van der Waals surface area contributed by atoms with Gasteiger partial charge in [-0.05, 0) is 20.8 Å². The number of carbonyl (C=O) groups excluding carboxylic acids is 1. The number of hydrogen-bond acceptors (Lipinski definition) is 8. The average molecular weight is 297 g/mol. The number of thioether (sulfide) groups is 1. The highest BCUT2D eigenvalue weighted by molar-refractivity contribution is 8.01. The number of aromatic nitrogens is 2. The Morgan fingerprint density at radius 1 is 1.58 bits per heavy atom. The molecule has 1 aromatic rings. The van der Waals surface area contributed by atoms with Gasteiger partial charge in [0, 0.05) is 11.7 Å². The summed E-state index contributed by atoms with van der Waals surface area (Å²) >= 11 is 2.63. The molecule has 19 heavy (non-hydrogen) atoms. The van der Waals surface area contributed by atoms with Crippen molar-refractivity contribution < 1.29 is 4.79 Å². The summed E-state index contributed by atoms with van der Waals surface area (Å²) in [6.45, 7) is 5.55.